The Morgan fingerprint density at radius 2 is 1.93 bits per heavy atom. The molecule has 0 radical (unpaired) electrons. The number of nitrogens with one attached hydrogen (secondary N) is 1. The number of hydrogen-bond donors (Lipinski definition) is 2. The number of carbonyl (C=O) groups is 1. The van der Waals surface area contributed by atoms with Crippen LogP contribution in [0.4, 0.5) is 4.79 Å². The average molecular weight is 199 g/mol. The van der Waals surface area contributed by atoms with Gasteiger partial charge in [0, 0.05) is 6.54 Å². The highest BCUT2D eigenvalue weighted by molar-refractivity contribution is 5.71. The highest BCUT2D eigenvalue weighted by Gasteiger charge is 2.08. The molecular weight excluding hydrogens is 178 g/mol. The Morgan fingerprint density at radius 1 is 1.21 bits per heavy atom. The summed E-state index contributed by atoms with van der Waals surface area (Å²) in [6.07, 6.45) is 6.26. The first-order valence-electron chi connectivity index (χ1n) is 5.55. The van der Waals surface area contributed by atoms with E-state index in [1.54, 1.807) is 0 Å². The molecular formula is C10H21N3O. The van der Waals surface area contributed by atoms with Crippen molar-refractivity contribution in [2.75, 3.05) is 26.2 Å². The lowest BCUT2D eigenvalue weighted by Crippen LogP contribution is -2.32. The summed E-state index contributed by atoms with van der Waals surface area (Å²) in [5, 5.41) is 2.60. The number of urea groups is 1. The van der Waals surface area contributed by atoms with E-state index in [9.17, 15) is 4.79 Å². The summed E-state index contributed by atoms with van der Waals surface area (Å²) in [5.74, 6) is 0. The molecule has 0 aromatic carbocycles. The van der Waals surface area contributed by atoms with Crippen LogP contribution in [-0.4, -0.2) is 37.1 Å². The molecule has 0 unspecified atom stereocenters. The second-order valence-electron chi connectivity index (χ2n) is 3.90. The standard InChI is InChI=1S/C10H21N3O/c11-10(14)12-6-2-5-9-13-7-3-1-4-8-13/h1-9H2,(H3,11,12,14). The van der Waals surface area contributed by atoms with E-state index in [0.717, 1.165) is 12.8 Å². The molecule has 0 spiro atoms. The van der Waals surface area contributed by atoms with Crippen LogP contribution in [0, 0.1) is 0 Å². The molecule has 0 saturated carbocycles. The molecule has 1 rings (SSSR count). The third-order valence-corrected chi connectivity index (χ3v) is 2.65. The summed E-state index contributed by atoms with van der Waals surface area (Å²) in [6, 6.07) is -0.414. The van der Waals surface area contributed by atoms with Gasteiger partial charge in [-0.2, -0.15) is 0 Å². The zero-order valence-corrected chi connectivity index (χ0v) is 8.80. The van der Waals surface area contributed by atoms with Crippen molar-refractivity contribution >= 4 is 6.03 Å². The predicted octanol–water partition coefficient (Wildman–Crippen LogP) is 0.921. The largest absolute Gasteiger partial charge is 0.352 e. The maximum atomic E-state index is 10.4. The topological polar surface area (TPSA) is 58.4 Å². The van der Waals surface area contributed by atoms with Crippen molar-refractivity contribution in [2.24, 2.45) is 5.73 Å². The van der Waals surface area contributed by atoms with Crippen LogP contribution in [0.15, 0.2) is 0 Å². The second-order valence-corrected chi connectivity index (χ2v) is 3.90. The molecule has 4 heteroatoms. The molecule has 0 bridgehead atoms. The predicted molar refractivity (Wildman–Crippen MR) is 57.1 cm³/mol. The first-order chi connectivity index (χ1) is 6.79. The number of unbranched alkanes of at least 4 members (excludes halogenated alkanes) is 1. The van der Waals surface area contributed by atoms with Crippen LogP contribution < -0.4 is 11.1 Å². The van der Waals surface area contributed by atoms with Crippen LogP contribution in [0.2, 0.25) is 0 Å². The van der Waals surface area contributed by atoms with E-state index < -0.39 is 6.03 Å². The highest BCUT2D eigenvalue weighted by Crippen LogP contribution is 2.08. The number of rotatable bonds is 5. The van der Waals surface area contributed by atoms with E-state index in [4.69, 9.17) is 5.73 Å². The Kier molecular flexibility index (Phi) is 5.37. The van der Waals surface area contributed by atoms with Gasteiger partial charge in [0.2, 0.25) is 0 Å². The van der Waals surface area contributed by atoms with Crippen LogP contribution in [0.3, 0.4) is 0 Å². The lowest BCUT2D eigenvalue weighted by atomic mass is 10.1. The molecule has 82 valence electrons. The SMILES string of the molecule is NC(=O)NCCCCN1CCCCC1. The Bertz CT molecular complexity index is 167. The van der Waals surface area contributed by atoms with E-state index in [0.29, 0.717) is 6.54 Å². The van der Waals surface area contributed by atoms with Gasteiger partial charge in [0.15, 0.2) is 0 Å². The fourth-order valence-electron chi connectivity index (χ4n) is 1.86. The third kappa shape index (κ3) is 5.07. The third-order valence-electron chi connectivity index (χ3n) is 2.65. The van der Waals surface area contributed by atoms with E-state index in [-0.39, 0.29) is 0 Å². The molecule has 14 heavy (non-hydrogen) atoms. The van der Waals surface area contributed by atoms with Gasteiger partial charge in [0.25, 0.3) is 0 Å². The maximum absolute atomic E-state index is 10.4. The summed E-state index contributed by atoms with van der Waals surface area (Å²) in [5.41, 5.74) is 4.96. The summed E-state index contributed by atoms with van der Waals surface area (Å²) < 4.78 is 0. The van der Waals surface area contributed by atoms with E-state index in [2.05, 4.69) is 10.2 Å². The van der Waals surface area contributed by atoms with Gasteiger partial charge >= 0.3 is 6.03 Å². The minimum atomic E-state index is -0.414. The molecule has 0 atom stereocenters. The van der Waals surface area contributed by atoms with E-state index in [1.807, 2.05) is 0 Å². The van der Waals surface area contributed by atoms with Gasteiger partial charge in [-0.3, -0.25) is 0 Å². The van der Waals surface area contributed by atoms with Gasteiger partial charge in [0.05, 0.1) is 0 Å². The number of amides is 2. The molecule has 0 aromatic heterocycles. The Balaban J connectivity index is 1.90. The Morgan fingerprint density at radius 3 is 2.57 bits per heavy atom. The first-order valence-corrected chi connectivity index (χ1v) is 5.55. The molecule has 1 heterocycles. The minimum absolute atomic E-state index is 0.414. The molecule has 1 fully saturated rings. The van der Waals surface area contributed by atoms with Crippen LogP contribution in [-0.2, 0) is 0 Å². The zero-order valence-electron chi connectivity index (χ0n) is 8.80. The summed E-state index contributed by atoms with van der Waals surface area (Å²) in [6.45, 7) is 4.39. The maximum Gasteiger partial charge on any atom is 0.312 e. The fourth-order valence-corrected chi connectivity index (χ4v) is 1.86. The summed E-state index contributed by atoms with van der Waals surface area (Å²) in [4.78, 5) is 12.9. The van der Waals surface area contributed by atoms with Gasteiger partial charge in [-0.1, -0.05) is 6.42 Å². The van der Waals surface area contributed by atoms with Crippen LogP contribution in [0.5, 0.6) is 0 Å². The molecule has 4 nitrogen and oxygen atoms in total. The van der Waals surface area contributed by atoms with Gasteiger partial charge in [-0.05, 0) is 45.3 Å². The van der Waals surface area contributed by atoms with Crippen molar-refractivity contribution < 1.29 is 4.79 Å². The normalized spacial score (nSPS) is 18.0. The molecule has 3 N–H and O–H groups in total. The molecule has 1 saturated heterocycles. The van der Waals surface area contributed by atoms with Gasteiger partial charge in [-0.25, -0.2) is 4.79 Å². The number of nitrogens with zero attached hydrogens (tertiary/aromatic N) is 1. The zero-order chi connectivity index (χ0) is 10.2. The van der Waals surface area contributed by atoms with Crippen molar-refractivity contribution in [3.63, 3.8) is 0 Å². The van der Waals surface area contributed by atoms with Gasteiger partial charge < -0.3 is 16.0 Å². The van der Waals surface area contributed by atoms with Crippen LogP contribution in [0.25, 0.3) is 0 Å². The number of piperidine rings is 1. The fraction of sp³-hybridized carbons (Fsp3) is 0.900. The quantitative estimate of drug-likeness (QED) is 0.647. The van der Waals surface area contributed by atoms with E-state index >= 15 is 0 Å². The van der Waals surface area contributed by atoms with E-state index in [1.165, 1.54) is 38.9 Å². The number of nitrogens with two attached hydrogens (primary N) is 1. The first kappa shape index (κ1) is 11.3. The minimum Gasteiger partial charge on any atom is -0.352 e. The highest BCUT2D eigenvalue weighted by atomic mass is 16.2. The second kappa shape index (κ2) is 6.65. The van der Waals surface area contributed by atoms with Crippen molar-refractivity contribution in [3.05, 3.63) is 0 Å². The molecule has 0 aliphatic carbocycles. The van der Waals surface area contributed by atoms with Crippen molar-refractivity contribution in [1.82, 2.24) is 10.2 Å². The van der Waals surface area contributed by atoms with Crippen LogP contribution in [0.1, 0.15) is 32.1 Å². The molecule has 0 aromatic rings. The number of carbonyl (C=O) groups excluding carboxylic acids is 1. The molecule has 1 aliphatic heterocycles. The lowest BCUT2D eigenvalue weighted by molar-refractivity contribution is 0.224. The average Bonchev–Trinajstić information content (AvgIpc) is 2.18. The van der Waals surface area contributed by atoms with Gasteiger partial charge in [0.1, 0.15) is 0 Å². The smallest absolute Gasteiger partial charge is 0.312 e. The van der Waals surface area contributed by atoms with Crippen molar-refractivity contribution in [2.45, 2.75) is 32.1 Å². The van der Waals surface area contributed by atoms with Crippen LogP contribution >= 0.6 is 0 Å². The van der Waals surface area contributed by atoms with Gasteiger partial charge in [-0.15, -0.1) is 0 Å². The lowest BCUT2D eigenvalue weighted by Gasteiger charge is -2.26. The molecule has 1 aliphatic rings. The molecule has 2 amide bonds. The Hall–Kier alpha value is -0.770. The number of primary amides is 1. The Labute approximate surface area is 85.8 Å². The van der Waals surface area contributed by atoms with Crippen molar-refractivity contribution in [1.29, 1.82) is 0 Å². The van der Waals surface area contributed by atoms with Crippen molar-refractivity contribution in [3.8, 4) is 0 Å². The summed E-state index contributed by atoms with van der Waals surface area (Å²) >= 11 is 0. The number of hydrogen-bond acceptors (Lipinski definition) is 2. The summed E-state index contributed by atoms with van der Waals surface area (Å²) in [7, 11) is 0. The number of likely N-dealkylation sites (tertiary alicyclic amines) is 1. The monoisotopic (exact) mass is 199 g/mol.